The van der Waals surface area contributed by atoms with E-state index in [-0.39, 0.29) is 23.0 Å². The smallest absolute Gasteiger partial charge is 0.269 e. The molecule has 5 nitrogen and oxygen atoms in total. The van der Waals surface area contributed by atoms with Crippen LogP contribution < -0.4 is 5.73 Å². The van der Waals surface area contributed by atoms with Crippen molar-refractivity contribution in [2.45, 2.75) is 31.8 Å². The Kier molecular flexibility index (Phi) is 6.21. The molecule has 19 heavy (non-hydrogen) atoms. The Morgan fingerprint density at radius 1 is 1.42 bits per heavy atom. The van der Waals surface area contributed by atoms with E-state index in [1.807, 2.05) is 6.07 Å². The van der Waals surface area contributed by atoms with Crippen molar-refractivity contribution < 1.29 is 4.92 Å². The highest BCUT2D eigenvalue weighted by Crippen LogP contribution is 2.20. The van der Waals surface area contributed by atoms with Gasteiger partial charge in [0.15, 0.2) is 0 Å². The predicted octanol–water partition coefficient (Wildman–Crippen LogP) is 2.33. The molecule has 2 N–H and O–H groups in total. The largest absolute Gasteiger partial charge is 0.329 e. The molecule has 6 heteroatoms. The van der Waals surface area contributed by atoms with Crippen molar-refractivity contribution in [3.05, 3.63) is 39.9 Å². The Balaban J connectivity index is 0.00000180. The zero-order chi connectivity index (χ0) is 13.0. The van der Waals surface area contributed by atoms with Crippen molar-refractivity contribution in [2.75, 3.05) is 13.1 Å². The topological polar surface area (TPSA) is 72.4 Å². The van der Waals surface area contributed by atoms with E-state index < -0.39 is 0 Å². The van der Waals surface area contributed by atoms with E-state index in [2.05, 4.69) is 4.90 Å². The number of nitro benzene ring substituents is 1. The van der Waals surface area contributed by atoms with Crippen LogP contribution in [-0.4, -0.2) is 29.0 Å². The summed E-state index contributed by atoms with van der Waals surface area (Å²) < 4.78 is 0. The molecular formula is C13H20ClN3O2. The van der Waals surface area contributed by atoms with Crippen LogP contribution in [0.5, 0.6) is 0 Å². The molecule has 1 saturated heterocycles. The van der Waals surface area contributed by atoms with Crippen molar-refractivity contribution >= 4 is 18.1 Å². The van der Waals surface area contributed by atoms with Gasteiger partial charge >= 0.3 is 0 Å². The average molecular weight is 286 g/mol. The van der Waals surface area contributed by atoms with Crippen LogP contribution in [0.15, 0.2) is 24.3 Å². The van der Waals surface area contributed by atoms with Gasteiger partial charge in [-0.2, -0.15) is 0 Å². The Morgan fingerprint density at radius 3 is 2.89 bits per heavy atom. The number of piperidine rings is 1. The highest BCUT2D eigenvalue weighted by molar-refractivity contribution is 5.85. The second-order valence-electron chi connectivity index (χ2n) is 4.78. The number of hydrogen-bond acceptors (Lipinski definition) is 4. The lowest BCUT2D eigenvalue weighted by Gasteiger charge is -2.34. The summed E-state index contributed by atoms with van der Waals surface area (Å²) in [7, 11) is 0. The number of nitro groups is 1. The van der Waals surface area contributed by atoms with Gasteiger partial charge in [0.2, 0.25) is 0 Å². The third kappa shape index (κ3) is 4.16. The summed E-state index contributed by atoms with van der Waals surface area (Å²) in [5.74, 6) is 0. The number of non-ortho nitro benzene ring substituents is 1. The summed E-state index contributed by atoms with van der Waals surface area (Å²) in [5.41, 5.74) is 6.93. The van der Waals surface area contributed by atoms with Crippen molar-refractivity contribution in [3.8, 4) is 0 Å². The lowest BCUT2D eigenvalue weighted by Crippen LogP contribution is -2.43. The van der Waals surface area contributed by atoms with E-state index in [1.54, 1.807) is 12.1 Å². The van der Waals surface area contributed by atoms with Crippen LogP contribution in [0, 0.1) is 10.1 Å². The summed E-state index contributed by atoms with van der Waals surface area (Å²) in [6, 6.07) is 7.28. The molecule has 2 rings (SSSR count). The van der Waals surface area contributed by atoms with Gasteiger partial charge in [-0.15, -0.1) is 12.4 Å². The summed E-state index contributed by atoms with van der Waals surface area (Å²) in [4.78, 5) is 12.7. The molecule has 106 valence electrons. The van der Waals surface area contributed by atoms with Gasteiger partial charge in [0.05, 0.1) is 4.92 Å². The summed E-state index contributed by atoms with van der Waals surface area (Å²) >= 11 is 0. The molecule has 1 aliphatic rings. The van der Waals surface area contributed by atoms with E-state index in [1.165, 1.54) is 18.9 Å². The standard InChI is InChI=1S/C13H19N3O2.ClH/c14-9-13-5-1-2-7-15(13)10-11-4-3-6-12(8-11)16(17)18;/h3-4,6,8,13H,1-2,5,7,9-10,14H2;1H. The maximum atomic E-state index is 10.7. The first-order valence-electron chi connectivity index (χ1n) is 6.38. The van der Waals surface area contributed by atoms with E-state index in [4.69, 9.17) is 5.73 Å². The Morgan fingerprint density at radius 2 is 2.21 bits per heavy atom. The van der Waals surface area contributed by atoms with Gasteiger partial charge in [0.1, 0.15) is 0 Å². The molecule has 1 unspecified atom stereocenters. The number of nitrogens with two attached hydrogens (primary N) is 1. The first-order valence-corrected chi connectivity index (χ1v) is 6.38. The van der Waals surface area contributed by atoms with Crippen LogP contribution in [0.4, 0.5) is 5.69 Å². The minimum absolute atomic E-state index is 0. The van der Waals surface area contributed by atoms with Gasteiger partial charge in [-0.3, -0.25) is 15.0 Å². The SMILES string of the molecule is Cl.NCC1CCCCN1Cc1cccc([N+](=O)[O-])c1. The zero-order valence-electron chi connectivity index (χ0n) is 10.8. The maximum absolute atomic E-state index is 10.7. The van der Waals surface area contributed by atoms with E-state index in [9.17, 15) is 10.1 Å². The Labute approximate surface area is 119 Å². The van der Waals surface area contributed by atoms with Crippen molar-refractivity contribution in [1.82, 2.24) is 4.90 Å². The first kappa shape index (κ1) is 15.9. The van der Waals surface area contributed by atoms with Crippen LogP contribution in [0.1, 0.15) is 24.8 Å². The maximum Gasteiger partial charge on any atom is 0.269 e. The van der Waals surface area contributed by atoms with Gasteiger partial charge in [-0.25, -0.2) is 0 Å². The molecule has 1 aromatic rings. The molecule has 1 heterocycles. The molecule has 0 bridgehead atoms. The fraction of sp³-hybridized carbons (Fsp3) is 0.538. The van der Waals surface area contributed by atoms with Gasteiger partial charge in [-0.05, 0) is 24.9 Å². The van der Waals surface area contributed by atoms with Crippen LogP contribution in [0.2, 0.25) is 0 Å². The van der Waals surface area contributed by atoms with Gasteiger partial charge in [-0.1, -0.05) is 18.6 Å². The molecule has 0 aliphatic carbocycles. The Bertz CT molecular complexity index is 428. The second-order valence-corrected chi connectivity index (χ2v) is 4.78. The fourth-order valence-electron chi connectivity index (χ4n) is 2.54. The molecule has 0 aromatic heterocycles. The molecule has 1 aliphatic heterocycles. The lowest BCUT2D eigenvalue weighted by atomic mass is 10.0. The lowest BCUT2D eigenvalue weighted by molar-refractivity contribution is -0.384. The normalized spacial score (nSPS) is 19.7. The average Bonchev–Trinajstić information content (AvgIpc) is 2.39. The summed E-state index contributed by atoms with van der Waals surface area (Å²) in [5, 5.41) is 10.7. The van der Waals surface area contributed by atoms with Gasteiger partial charge in [0, 0.05) is 31.3 Å². The fourth-order valence-corrected chi connectivity index (χ4v) is 2.54. The van der Waals surface area contributed by atoms with E-state index in [0.717, 1.165) is 25.1 Å². The van der Waals surface area contributed by atoms with Crippen LogP contribution in [0.25, 0.3) is 0 Å². The third-order valence-electron chi connectivity index (χ3n) is 3.53. The number of rotatable bonds is 4. The summed E-state index contributed by atoms with van der Waals surface area (Å²) in [6.45, 7) is 2.45. The van der Waals surface area contributed by atoms with Crippen LogP contribution in [-0.2, 0) is 6.54 Å². The third-order valence-corrected chi connectivity index (χ3v) is 3.53. The highest BCUT2D eigenvalue weighted by atomic mass is 35.5. The second kappa shape index (κ2) is 7.43. The molecular weight excluding hydrogens is 266 g/mol. The van der Waals surface area contributed by atoms with E-state index >= 15 is 0 Å². The van der Waals surface area contributed by atoms with Crippen molar-refractivity contribution in [3.63, 3.8) is 0 Å². The molecule has 0 radical (unpaired) electrons. The molecule has 0 spiro atoms. The quantitative estimate of drug-likeness (QED) is 0.681. The number of hydrogen-bond donors (Lipinski definition) is 1. The Hall–Kier alpha value is -1.17. The monoisotopic (exact) mass is 285 g/mol. The molecule has 1 atom stereocenters. The molecule has 1 aromatic carbocycles. The van der Waals surface area contributed by atoms with Gasteiger partial charge in [0.25, 0.3) is 5.69 Å². The number of nitrogens with zero attached hydrogens (tertiary/aromatic N) is 2. The molecule has 0 amide bonds. The van der Waals surface area contributed by atoms with Crippen LogP contribution >= 0.6 is 12.4 Å². The molecule has 0 saturated carbocycles. The molecule has 1 fully saturated rings. The first-order chi connectivity index (χ1) is 8.70. The summed E-state index contributed by atoms with van der Waals surface area (Å²) in [6.07, 6.45) is 3.55. The highest BCUT2D eigenvalue weighted by Gasteiger charge is 2.21. The number of benzene rings is 1. The van der Waals surface area contributed by atoms with Crippen LogP contribution in [0.3, 0.4) is 0 Å². The van der Waals surface area contributed by atoms with Gasteiger partial charge < -0.3 is 5.73 Å². The minimum atomic E-state index is -0.347. The number of likely N-dealkylation sites (tertiary alicyclic amines) is 1. The minimum Gasteiger partial charge on any atom is -0.329 e. The van der Waals surface area contributed by atoms with Crippen molar-refractivity contribution in [1.29, 1.82) is 0 Å². The van der Waals surface area contributed by atoms with Crippen molar-refractivity contribution in [2.24, 2.45) is 5.73 Å². The van der Waals surface area contributed by atoms with E-state index in [0.29, 0.717) is 12.6 Å². The predicted molar refractivity (Wildman–Crippen MR) is 77.4 cm³/mol. The number of halogens is 1. The zero-order valence-corrected chi connectivity index (χ0v) is 11.6.